The maximum absolute atomic E-state index is 3.79. The van der Waals surface area contributed by atoms with Gasteiger partial charge in [-0.3, -0.25) is 10.4 Å². The number of hydrogen-bond donors (Lipinski definition) is 1. The largest absolute Gasteiger partial charge is 0.270 e. The van der Waals surface area contributed by atoms with Gasteiger partial charge in [0.15, 0.2) is 0 Å². The van der Waals surface area contributed by atoms with E-state index in [1.165, 1.54) is 6.34 Å². The Morgan fingerprint density at radius 2 is 2.38 bits per heavy atom. The van der Waals surface area contributed by atoms with Gasteiger partial charge in [-0.2, -0.15) is 5.10 Å². The Bertz CT molecular complexity index is 83.8. The smallest absolute Gasteiger partial charge is 0.103 e. The number of rotatable bonds is 4. The first kappa shape index (κ1) is 6.88. The average Bonchev–Trinajstić information content (AvgIpc) is 1.81. The van der Waals surface area contributed by atoms with Gasteiger partial charge in [-0.1, -0.05) is 6.08 Å². The molecule has 0 saturated carbocycles. The molecule has 0 saturated heterocycles. The third kappa shape index (κ3) is 4.88. The van der Waals surface area contributed by atoms with E-state index in [9.17, 15) is 0 Å². The molecule has 0 radical (unpaired) electrons. The van der Waals surface area contributed by atoms with E-state index < -0.39 is 0 Å². The van der Waals surface area contributed by atoms with Crippen LogP contribution in [0, 0.1) is 0 Å². The van der Waals surface area contributed by atoms with Crippen molar-refractivity contribution in [1.29, 1.82) is 0 Å². The summed E-state index contributed by atoms with van der Waals surface area (Å²) in [4.78, 5) is 3.79. The van der Waals surface area contributed by atoms with Gasteiger partial charge in [0.2, 0.25) is 0 Å². The van der Waals surface area contributed by atoms with Crippen LogP contribution in [0.5, 0.6) is 0 Å². The van der Waals surface area contributed by atoms with Crippen molar-refractivity contribution < 1.29 is 0 Å². The first-order chi connectivity index (χ1) is 3.91. The van der Waals surface area contributed by atoms with Crippen LogP contribution in [0.25, 0.3) is 0 Å². The molecular weight excluding hydrogens is 102 g/mol. The maximum atomic E-state index is 3.79. The van der Waals surface area contributed by atoms with Crippen molar-refractivity contribution in [2.75, 3.05) is 6.54 Å². The van der Waals surface area contributed by atoms with Crippen LogP contribution in [0.3, 0.4) is 0 Å². The van der Waals surface area contributed by atoms with Crippen molar-refractivity contribution in [3.05, 3.63) is 12.7 Å². The molecule has 0 unspecified atom stereocenters. The Labute approximate surface area is 48.8 Å². The molecule has 3 heteroatoms. The van der Waals surface area contributed by atoms with Gasteiger partial charge in [-0.25, -0.2) is 0 Å². The van der Waals surface area contributed by atoms with E-state index in [4.69, 9.17) is 0 Å². The second-order valence-electron chi connectivity index (χ2n) is 1.07. The summed E-state index contributed by atoms with van der Waals surface area (Å²) in [6.07, 6.45) is 3.16. The van der Waals surface area contributed by atoms with Crippen LogP contribution in [-0.2, 0) is 0 Å². The van der Waals surface area contributed by atoms with E-state index in [0.29, 0.717) is 6.54 Å². The second-order valence-corrected chi connectivity index (χ2v) is 1.07. The molecule has 0 rings (SSSR count). The molecular formula is C5H9N3. The Balaban J connectivity index is 3.06. The zero-order valence-corrected chi connectivity index (χ0v) is 4.67. The van der Waals surface area contributed by atoms with Gasteiger partial charge in [0.1, 0.15) is 6.34 Å². The van der Waals surface area contributed by atoms with Crippen molar-refractivity contribution in [2.45, 2.75) is 0 Å². The Hall–Kier alpha value is -1.12. The second kappa shape index (κ2) is 5.88. The Morgan fingerprint density at radius 1 is 1.62 bits per heavy atom. The average molecular weight is 111 g/mol. The molecule has 0 aromatic heterocycles. The quantitative estimate of drug-likeness (QED) is 0.242. The lowest BCUT2D eigenvalue weighted by molar-refractivity contribution is 1.05. The van der Waals surface area contributed by atoms with Crippen LogP contribution in [0.2, 0.25) is 0 Å². The number of hydrazone groups is 1. The third-order valence-electron chi connectivity index (χ3n) is 0.475. The molecule has 0 heterocycles. The van der Waals surface area contributed by atoms with Crippen LogP contribution in [0.4, 0.5) is 0 Å². The molecule has 0 aliphatic carbocycles. The molecule has 0 aliphatic heterocycles. The molecule has 8 heavy (non-hydrogen) atoms. The lowest BCUT2D eigenvalue weighted by atomic mass is 10.7. The maximum Gasteiger partial charge on any atom is 0.103 e. The van der Waals surface area contributed by atoms with Gasteiger partial charge in [-0.15, -0.1) is 6.58 Å². The fourth-order valence-electron chi connectivity index (χ4n) is 0.209. The summed E-state index contributed by atoms with van der Waals surface area (Å²) < 4.78 is 0. The monoisotopic (exact) mass is 111 g/mol. The van der Waals surface area contributed by atoms with Gasteiger partial charge >= 0.3 is 0 Å². The zero-order valence-electron chi connectivity index (χ0n) is 4.67. The minimum atomic E-state index is 0.614. The molecule has 0 amide bonds. The number of nitrogens with zero attached hydrogens (tertiary/aromatic N) is 2. The summed E-state index contributed by atoms with van der Waals surface area (Å²) >= 11 is 0. The van der Waals surface area contributed by atoms with E-state index in [0.717, 1.165) is 0 Å². The molecule has 44 valence electrons. The highest BCUT2D eigenvalue weighted by Crippen LogP contribution is 1.64. The van der Waals surface area contributed by atoms with Gasteiger partial charge in [0.25, 0.3) is 0 Å². The summed E-state index contributed by atoms with van der Waals surface area (Å²) in [5.74, 6) is 0. The lowest BCUT2D eigenvalue weighted by Gasteiger charge is -1.82. The highest BCUT2D eigenvalue weighted by molar-refractivity contribution is 5.54. The fraction of sp³-hybridized carbons (Fsp3) is 0.200. The van der Waals surface area contributed by atoms with Crippen LogP contribution in [-0.4, -0.2) is 19.6 Å². The van der Waals surface area contributed by atoms with E-state index >= 15 is 0 Å². The van der Waals surface area contributed by atoms with E-state index in [2.05, 4.69) is 28.8 Å². The number of aliphatic imine (C=N–C) groups is 1. The summed E-state index contributed by atoms with van der Waals surface area (Å²) in [7, 11) is 0. The Morgan fingerprint density at radius 3 is 2.88 bits per heavy atom. The number of hydrogen-bond acceptors (Lipinski definition) is 2. The highest BCUT2D eigenvalue weighted by Gasteiger charge is 1.63. The summed E-state index contributed by atoms with van der Waals surface area (Å²) in [6.45, 7) is 7.26. The summed E-state index contributed by atoms with van der Waals surface area (Å²) in [5, 5.41) is 3.32. The van der Waals surface area contributed by atoms with Gasteiger partial charge in [0.05, 0.1) is 6.54 Å². The topological polar surface area (TPSA) is 36.8 Å². The first-order valence-electron chi connectivity index (χ1n) is 2.22. The number of nitrogens with one attached hydrogen (secondary N) is 1. The van der Waals surface area contributed by atoms with Gasteiger partial charge < -0.3 is 0 Å². The standard InChI is InChI=1S/C5H9N3/c1-3-4-7-5-8-6-2/h3,5H,1-2,4H2,(H,7,8). The van der Waals surface area contributed by atoms with Crippen LogP contribution in [0.15, 0.2) is 22.7 Å². The van der Waals surface area contributed by atoms with E-state index in [1.807, 2.05) is 0 Å². The Kier molecular flexibility index (Phi) is 5.06. The van der Waals surface area contributed by atoms with Crippen molar-refractivity contribution in [3.8, 4) is 0 Å². The van der Waals surface area contributed by atoms with E-state index in [1.54, 1.807) is 6.08 Å². The van der Waals surface area contributed by atoms with Crippen molar-refractivity contribution in [2.24, 2.45) is 10.1 Å². The molecule has 0 aromatic carbocycles. The van der Waals surface area contributed by atoms with Crippen molar-refractivity contribution in [3.63, 3.8) is 0 Å². The fourth-order valence-corrected chi connectivity index (χ4v) is 0.209. The molecule has 3 nitrogen and oxygen atoms in total. The van der Waals surface area contributed by atoms with Crippen LogP contribution >= 0.6 is 0 Å². The molecule has 0 fully saturated rings. The van der Waals surface area contributed by atoms with Crippen molar-refractivity contribution in [1.82, 2.24) is 5.43 Å². The van der Waals surface area contributed by atoms with Crippen LogP contribution < -0.4 is 5.43 Å². The first-order valence-corrected chi connectivity index (χ1v) is 2.22. The van der Waals surface area contributed by atoms with Gasteiger partial charge in [0, 0.05) is 6.72 Å². The molecule has 0 bridgehead atoms. The van der Waals surface area contributed by atoms with E-state index in [-0.39, 0.29) is 0 Å². The molecule has 0 atom stereocenters. The predicted octanol–water partition coefficient (Wildman–Crippen LogP) is 0.406. The zero-order chi connectivity index (χ0) is 6.24. The highest BCUT2D eigenvalue weighted by atomic mass is 15.3. The van der Waals surface area contributed by atoms with Crippen LogP contribution in [0.1, 0.15) is 0 Å². The summed E-state index contributed by atoms with van der Waals surface area (Å²) in [6, 6.07) is 0. The third-order valence-corrected chi connectivity index (χ3v) is 0.475. The minimum Gasteiger partial charge on any atom is -0.270 e. The normalized spacial score (nSPS) is 9.00. The molecule has 0 aromatic rings. The lowest BCUT2D eigenvalue weighted by Crippen LogP contribution is -1.99. The molecule has 1 N–H and O–H groups in total. The van der Waals surface area contributed by atoms with Crippen molar-refractivity contribution >= 4 is 13.1 Å². The minimum absolute atomic E-state index is 0.614. The molecule has 0 aliphatic rings. The summed E-state index contributed by atoms with van der Waals surface area (Å²) in [5.41, 5.74) is 2.46. The molecule has 0 spiro atoms. The van der Waals surface area contributed by atoms with Gasteiger partial charge in [-0.05, 0) is 0 Å². The SMILES string of the molecule is C=CCN=CNN=C. The predicted molar refractivity (Wildman–Crippen MR) is 36.2 cm³/mol.